The Kier molecular flexibility index (Phi) is 6.10. The number of aromatic amines is 1. The lowest BCUT2D eigenvalue weighted by Gasteiger charge is -2.12. The second-order valence-corrected chi connectivity index (χ2v) is 7.66. The first kappa shape index (κ1) is 22.0. The molecule has 0 saturated carbocycles. The second-order valence-electron chi connectivity index (χ2n) is 7.22. The van der Waals surface area contributed by atoms with Gasteiger partial charge in [0.25, 0.3) is 5.91 Å². The van der Waals surface area contributed by atoms with Crippen molar-refractivity contribution >= 4 is 52.1 Å². The lowest BCUT2D eigenvalue weighted by molar-refractivity contribution is 0.0996. The van der Waals surface area contributed by atoms with E-state index in [1.54, 1.807) is 60.7 Å². The molecule has 0 aliphatic rings. The number of aromatic nitrogens is 2. The van der Waals surface area contributed by atoms with E-state index in [0.717, 1.165) is 5.56 Å². The molecule has 0 aliphatic carbocycles. The second kappa shape index (κ2) is 9.13. The number of halogens is 1. The summed E-state index contributed by atoms with van der Waals surface area (Å²) in [6.07, 6.45) is -0.666. The molecule has 0 fully saturated rings. The van der Waals surface area contributed by atoms with E-state index in [1.807, 2.05) is 6.92 Å². The van der Waals surface area contributed by atoms with Crippen molar-refractivity contribution in [1.82, 2.24) is 9.97 Å². The van der Waals surface area contributed by atoms with E-state index in [4.69, 9.17) is 11.6 Å². The van der Waals surface area contributed by atoms with Gasteiger partial charge in [-0.25, -0.2) is 9.78 Å². The fraction of sp³-hybridized carbons (Fsp3) is 0.0833. The van der Waals surface area contributed by atoms with Gasteiger partial charge >= 0.3 is 6.09 Å². The summed E-state index contributed by atoms with van der Waals surface area (Å²) in [5.41, 5.74) is 3.36. The average Bonchev–Trinajstić information content (AvgIpc) is 3.22. The van der Waals surface area contributed by atoms with E-state index < -0.39 is 12.0 Å². The molecule has 0 saturated heterocycles. The molecule has 8 nitrogen and oxygen atoms in total. The van der Waals surface area contributed by atoms with Crippen LogP contribution in [0.2, 0.25) is 5.02 Å². The number of carbonyl (C=O) groups excluding carboxylic acids is 3. The number of hydrogen-bond acceptors (Lipinski definition) is 5. The summed E-state index contributed by atoms with van der Waals surface area (Å²) in [6.45, 7) is 1.85. The number of benzene rings is 3. The number of ketones is 1. The third-order valence-corrected chi connectivity index (χ3v) is 5.25. The Morgan fingerprint density at radius 3 is 2.48 bits per heavy atom. The maximum absolute atomic E-state index is 13.3. The third kappa shape index (κ3) is 4.70. The molecule has 3 N–H and O–H groups in total. The van der Waals surface area contributed by atoms with Crippen LogP contribution in [0, 0.1) is 6.92 Å². The Hall–Kier alpha value is -4.17. The minimum Gasteiger partial charge on any atom is -0.453 e. The molecule has 1 heterocycles. The molecule has 0 aliphatic heterocycles. The number of nitrogens with zero attached hydrogens (tertiary/aromatic N) is 1. The summed E-state index contributed by atoms with van der Waals surface area (Å²) in [5, 5.41) is 5.76. The van der Waals surface area contributed by atoms with E-state index in [1.165, 1.54) is 7.11 Å². The van der Waals surface area contributed by atoms with Crippen LogP contribution in [0.15, 0.2) is 60.7 Å². The number of fused-ring (bicyclic) bond motifs is 1. The number of ether oxygens (including phenoxy) is 1. The van der Waals surface area contributed by atoms with Crippen LogP contribution in [0.3, 0.4) is 0 Å². The van der Waals surface area contributed by atoms with Crippen LogP contribution >= 0.6 is 11.6 Å². The number of imidazole rings is 1. The van der Waals surface area contributed by atoms with Crippen LogP contribution in [-0.2, 0) is 4.74 Å². The van der Waals surface area contributed by atoms with Gasteiger partial charge < -0.3 is 15.0 Å². The topological polar surface area (TPSA) is 113 Å². The first-order chi connectivity index (χ1) is 15.9. The van der Waals surface area contributed by atoms with Crippen molar-refractivity contribution in [1.29, 1.82) is 0 Å². The molecule has 2 amide bonds. The highest BCUT2D eigenvalue weighted by Crippen LogP contribution is 2.23. The summed E-state index contributed by atoms with van der Waals surface area (Å²) >= 11 is 6.05. The van der Waals surface area contributed by atoms with Crippen LogP contribution < -0.4 is 10.6 Å². The Balaban J connectivity index is 1.64. The monoisotopic (exact) mass is 462 g/mol. The van der Waals surface area contributed by atoms with Crippen molar-refractivity contribution < 1.29 is 19.1 Å². The number of nitrogens with one attached hydrogen (secondary N) is 3. The third-order valence-electron chi connectivity index (χ3n) is 5.01. The quantitative estimate of drug-likeness (QED) is 0.353. The summed E-state index contributed by atoms with van der Waals surface area (Å²) in [7, 11) is 1.25. The fourth-order valence-corrected chi connectivity index (χ4v) is 3.48. The number of hydrogen-bond donors (Lipinski definition) is 3. The van der Waals surface area contributed by atoms with Gasteiger partial charge in [0.15, 0.2) is 5.78 Å². The van der Waals surface area contributed by atoms with E-state index in [2.05, 4.69) is 25.3 Å². The van der Waals surface area contributed by atoms with Crippen LogP contribution in [0.1, 0.15) is 31.8 Å². The van der Waals surface area contributed by atoms with Crippen molar-refractivity contribution in [3.8, 4) is 0 Å². The van der Waals surface area contributed by atoms with E-state index in [0.29, 0.717) is 27.3 Å². The summed E-state index contributed by atoms with van der Waals surface area (Å²) in [4.78, 5) is 44.8. The van der Waals surface area contributed by atoms with Gasteiger partial charge in [-0.3, -0.25) is 14.9 Å². The Labute approximate surface area is 193 Å². The van der Waals surface area contributed by atoms with Crippen molar-refractivity contribution in [3.63, 3.8) is 0 Å². The van der Waals surface area contributed by atoms with Gasteiger partial charge in [0, 0.05) is 21.8 Å². The minimum absolute atomic E-state index is 0.193. The van der Waals surface area contributed by atoms with Gasteiger partial charge in [0.2, 0.25) is 5.95 Å². The number of rotatable bonds is 5. The fourth-order valence-electron chi connectivity index (χ4n) is 3.31. The maximum Gasteiger partial charge on any atom is 0.413 e. The summed E-state index contributed by atoms with van der Waals surface area (Å²) < 4.78 is 4.55. The zero-order valence-corrected chi connectivity index (χ0v) is 18.5. The highest BCUT2D eigenvalue weighted by Gasteiger charge is 2.19. The first-order valence-electron chi connectivity index (χ1n) is 9.91. The molecule has 3 aromatic carbocycles. The van der Waals surface area contributed by atoms with Crippen LogP contribution in [0.25, 0.3) is 11.0 Å². The predicted octanol–water partition coefficient (Wildman–Crippen LogP) is 5.19. The van der Waals surface area contributed by atoms with Gasteiger partial charge in [-0.15, -0.1) is 0 Å². The zero-order valence-electron chi connectivity index (χ0n) is 17.7. The molecule has 0 bridgehead atoms. The van der Waals surface area contributed by atoms with Crippen molar-refractivity contribution in [3.05, 3.63) is 87.9 Å². The van der Waals surface area contributed by atoms with Crippen molar-refractivity contribution in [2.24, 2.45) is 0 Å². The van der Waals surface area contributed by atoms with E-state index in [-0.39, 0.29) is 22.9 Å². The van der Waals surface area contributed by atoms with E-state index in [9.17, 15) is 14.4 Å². The summed E-state index contributed by atoms with van der Waals surface area (Å²) in [6, 6.07) is 16.7. The normalized spacial score (nSPS) is 10.6. The first-order valence-corrected chi connectivity index (χ1v) is 10.3. The minimum atomic E-state index is -0.666. The SMILES string of the molecule is COC(=O)Nc1nc2ccc(C(=O)c3ccccc3C(=O)Nc3cc(Cl)ccc3C)cc2[nH]1. The number of aryl methyl sites for hydroxylation is 1. The highest BCUT2D eigenvalue weighted by atomic mass is 35.5. The van der Waals surface area contributed by atoms with Gasteiger partial charge in [0.1, 0.15) is 0 Å². The molecule has 4 rings (SSSR count). The summed E-state index contributed by atoms with van der Waals surface area (Å²) in [5.74, 6) is -0.558. The molecular weight excluding hydrogens is 444 g/mol. The molecule has 166 valence electrons. The number of H-pyrrole nitrogens is 1. The molecular formula is C24H19ClN4O4. The predicted molar refractivity (Wildman–Crippen MR) is 126 cm³/mol. The number of amides is 2. The standard InChI is InChI=1S/C24H19ClN4O4/c1-13-7-9-15(25)12-19(13)26-22(31)17-6-4-3-5-16(17)21(30)14-8-10-18-20(11-14)28-23(27-18)29-24(32)33-2/h3-12H,1-2H3,(H,26,31)(H2,27,28,29,32). The molecule has 0 radical (unpaired) electrons. The molecule has 0 atom stereocenters. The zero-order chi connectivity index (χ0) is 23.5. The Morgan fingerprint density at radius 1 is 0.970 bits per heavy atom. The molecule has 1 aromatic heterocycles. The maximum atomic E-state index is 13.3. The van der Waals surface area contributed by atoms with Gasteiger partial charge in [0.05, 0.1) is 23.7 Å². The Bertz CT molecular complexity index is 1400. The molecule has 33 heavy (non-hydrogen) atoms. The molecule has 4 aromatic rings. The van der Waals surface area contributed by atoms with Crippen molar-refractivity contribution in [2.75, 3.05) is 17.7 Å². The van der Waals surface area contributed by atoms with Gasteiger partial charge in [-0.05, 0) is 48.9 Å². The smallest absolute Gasteiger partial charge is 0.413 e. The average molecular weight is 463 g/mol. The number of methoxy groups -OCH3 is 1. The molecule has 0 spiro atoms. The number of anilines is 2. The lowest BCUT2D eigenvalue weighted by atomic mass is 9.97. The highest BCUT2D eigenvalue weighted by molar-refractivity contribution is 6.31. The molecule has 9 heteroatoms. The van der Waals surface area contributed by atoms with E-state index >= 15 is 0 Å². The Morgan fingerprint density at radius 2 is 1.73 bits per heavy atom. The van der Waals surface area contributed by atoms with Gasteiger partial charge in [-0.1, -0.05) is 35.9 Å². The van der Waals surface area contributed by atoms with Gasteiger partial charge in [-0.2, -0.15) is 0 Å². The number of carbonyl (C=O) groups is 3. The van der Waals surface area contributed by atoms with Crippen LogP contribution in [0.5, 0.6) is 0 Å². The van der Waals surface area contributed by atoms with Crippen LogP contribution in [-0.4, -0.2) is 34.9 Å². The van der Waals surface area contributed by atoms with Crippen LogP contribution in [0.4, 0.5) is 16.4 Å². The lowest BCUT2D eigenvalue weighted by Crippen LogP contribution is -2.17. The molecule has 0 unspecified atom stereocenters. The van der Waals surface area contributed by atoms with Crippen molar-refractivity contribution in [2.45, 2.75) is 6.92 Å². The largest absolute Gasteiger partial charge is 0.453 e.